The molecule has 0 amide bonds. The van der Waals surface area contributed by atoms with Gasteiger partial charge < -0.3 is 9.80 Å². The number of likely N-dealkylation sites (N-methyl/N-ethyl adjacent to an activating group) is 1. The highest BCUT2D eigenvalue weighted by atomic mass is 16.7. The Labute approximate surface area is 174 Å². The van der Waals surface area contributed by atoms with Crippen molar-refractivity contribution in [3.8, 4) is 0 Å². The van der Waals surface area contributed by atoms with E-state index in [-0.39, 0.29) is 12.3 Å². The quantitative estimate of drug-likeness (QED) is 0.817. The normalized spacial score (nSPS) is 25.1. The lowest BCUT2D eigenvalue weighted by molar-refractivity contribution is -0.00897. The molecule has 2 atom stereocenters. The standard InChI is InChI=1S/C23H33N5O/c1-17-9-10-21(15-22(24-3)26-29-17)28-13-7-8-19-14-20(16-25-23(19)28)18(2)27-11-5-4-6-12-27/h9-10,14-17,22,24,26H,2,4-8,11-13H2,1,3H3. The highest BCUT2D eigenvalue weighted by molar-refractivity contribution is 5.66. The molecule has 0 bridgehead atoms. The Morgan fingerprint density at radius 1 is 1.24 bits per heavy atom. The van der Waals surface area contributed by atoms with Gasteiger partial charge in [-0.1, -0.05) is 12.7 Å². The Hall–Kier alpha value is -2.15. The number of hydroxylamine groups is 1. The number of anilines is 1. The molecule has 1 aromatic rings. The Morgan fingerprint density at radius 3 is 2.86 bits per heavy atom. The zero-order valence-electron chi connectivity index (χ0n) is 17.7. The smallest absolute Gasteiger partial charge is 0.136 e. The zero-order chi connectivity index (χ0) is 20.2. The van der Waals surface area contributed by atoms with Crippen LogP contribution in [0.5, 0.6) is 0 Å². The summed E-state index contributed by atoms with van der Waals surface area (Å²) in [6, 6.07) is 2.30. The number of likely N-dealkylation sites (tertiary alicyclic amines) is 1. The summed E-state index contributed by atoms with van der Waals surface area (Å²) in [5, 5.41) is 3.24. The van der Waals surface area contributed by atoms with Crippen molar-refractivity contribution in [1.29, 1.82) is 0 Å². The maximum absolute atomic E-state index is 5.60. The van der Waals surface area contributed by atoms with Crippen LogP contribution in [0.15, 0.2) is 42.8 Å². The maximum Gasteiger partial charge on any atom is 0.136 e. The van der Waals surface area contributed by atoms with Crippen molar-refractivity contribution >= 4 is 11.5 Å². The van der Waals surface area contributed by atoms with Crippen molar-refractivity contribution in [3.63, 3.8) is 0 Å². The van der Waals surface area contributed by atoms with E-state index < -0.39 is 0 Å². The first-order valence-corrected chi connectivity index (χ1v) is 10.8. The molecular formula is C23H33N5O. The van der Waals surface area contributed by atoms with E-state index in [0.717, 1.165) is 55.3 Å². The largest absolute Gasteiger partial charge is 0.371 e. The number of rotatable bonds is 4. The van der Waals surface area contributed by atoms with Gasteiger partial charge in [0.15, 0.2) is 0 Å². The average Bonchev–Trinajstić information content (AvgIpc) is 2.76. The molecule has 4 rings (SSSR count). The van der Waals surface area contributed by atoms with Gasteiger partial charge in [0.25, 0.3) is 0 Å². The van der Waals surface area contributed by atoms with Crippen LogP contribution in [0.3, 0.4) is 0 Å². The van der Waals surface area contributed by atoms with Crippen molar-refractivity contribution in [3.05, 3.63) is 53.9 Å². The van der Waals surface area contributed by atoms with Gasteiger partial charge in [-0.25, -0.2) is 4.98 Å². The zero-order valence-corrected chi connectivity index (χ0v) is 17.7. The predicted molar refractivity (Wildman–Crippen MR) is 118 cm³/mol. The van der Waals surface area contributed by atoms with Gasteiger partial charge in [0.1, 0.15) is 12.0 Å². The molecule has 156 valence electrons. The van der Waals surface area contributed by atoms with E-state index in [2.05, 4.69) is 51.5 Å². The summed E-state index contributed by atoms with van der Waals surface area (Å²) in [6.07, 6.45) is 14.3. The van der Waals surface area contributed by atoms with E-state index in [9.17, 15) is 0 Å². The van der Waals surface area contributed by atoms with Crippen LogP contribution >= 0.6 is 0 Å². The minimum Gasteiger partial charge on any atom is -0.371 e. The van der Waals surface area contributed by atoms with Crippen LogP contribution in [0.4, 0.5) is 5.82 Å². The molecule has 1 fully saturated rings. The first-order chi connectivity index (χ1) is 14.2. The Kier molecular flexibility index (Phi) is 6.33. The number of nitrogens with one attached hydrogen (secondary N) is 2. The predicted octanol–water partition coefficient (Wildman–Crippen LogP) is 3.20. The number of pyridine rings is 1. The molecule has 3 aliphatic heterocycles. The summed E-state index contributed by atoms with van der Waals surface area (Å²) in [5.74, 6) is 1.06. The minimum atomic E-state index is -0.0547. The number of aromatic nitrogens is 1. The molecule has 0 saturated carbocycles. The highest BCUT2D eigenvalue weighted by Gasteiger charge is 2.23. The van der Waals surface area contributed by atoms with Crippen molar-refractivity contribution in [2.75, 3.05) is 31.6 Å². The molecule has 0 spiro atoms. The number of fused-ring (bicyclic) bond motifs is 1. The van der Waals surface area contributed by atoms with E-state index in [4.69, 9.17) is 9.82 Å². The van der Waals surface area contributed by atoms with E-state index in [1.165, 1.54) is 24.8 Å². The highest BCUT2D eigenvalue weighted by Crippen LogP contribution is 2.32. The van der Waals surface area contributed by atoms with E-state index in [1.807, 2.05) is 20.2 Å². The number of aryl methyl sites for hydroxylation is 1. The number of nitrogens with zero attached hydrogens (tertiary/aromatic N) is 3. The molecule has 1 aromatic heterocycles. The first kappa shape index (κ1) is 20.1. The van der Waals surface area contributed by atoms with Gasteiger partial charge in [-0.2, -0.15) is 5.48 Å². The molecule has 2 N–H and O–H groups in total. The van der Waals surface area contributed by atoms with Crippen LogP contribution in [0.25, 0.3) is 5.70 Å². The third-order valence-electron chi connectivity index (χ3n) is 5.98. The lowest BCUT2D eigenvalue weighted by atomic mass is 10.0. The molecular weight excluding hydrogens is 362 g/mol. The minimum absolute atomic E-state index is 0.00186. The summed E-state index contributed by atoms with van der Waals surface area (Å²) >= 11 is 0. The van der Waals surface area contributed by atoms with Gasteiger partial charge >= 0.3 is 0 Å². The summed E-state index contributed by atoms with van der Waals surface area (Å²) in [6.45, 7) is 9.59. The Balaban J connectivity index is 1.61. The Morgan fingerprint density at radius 2 is 2.07 bits per heavy atom. The van der Waals surface area contributed by atoms with Crippen LogP contribution in [0, 0.1) is 0 Å². The van der Waals surface area contributed by atoms with Crippen LogP contribution < -0.4 is 15.7 Å². The monoisotopic (exact) mass is 395 g/mol. The molecule has 4 heterocycles. The molecule has 6 nitrogen and oxygen atoms in total. The van der Waals surface area contributed by atoms with Crippen molar-refractivity contribution < 1.29 is 4.84 Å². The lowest BCUT2D eigenvalue weighted by Crippen LogP contribution is -2.42. The van der Waals surface area contributed by atoms with Crippen LogP contribution in [-0.4, -0.2) is 48.8 Å². The van der Waals surface area contributed by atoms with Crippen LogP contribution in [0.1, 0.15) is 43.7 Å². The maximum atomic E-state index is 5.60. The third-order valence-corrected chi connectivity index (χ3v) is 5.98. The van der Waals surface area contributed by atoms with Crippen molar-refractivity contribution in [1.82, 2.24) is 20.7 Å². The van der Waals surface area contributed by atoms with Gasteiger partial charge in [0, 0.05) is 42.8 Å². The van der Waals surface area contributed by atoms with Gasteiger partial charge in [-0.05, 0) is 69.9 Å². The number of allylic oxidation sites excluding steroid dienone is 1. The number of hydrogen-bond donors (Lipinski definition) is 2. The summed E-state index contributed by atoms with van der Waals surface area (Å²) in [5.41, 5.74) is 7.80. The van der Waals surface area contributed by atoms with Crippen molar-refractivity contribution in [2.45, 2.75) is 51.3 Å². The van der Waals surface area contributed by atoms with Gasteiger partial charge in [0.2, 0.25) is 0 Å². The molecule has 0 aliphatic carbocycles. The van der Waals surface area contributed by atoms with E-state index in [0.29, 0.717) is 0 Å². The molecule has 3 aliphatic rings. The lowest BCUT2D eigenvalue weighted by Gasteiger charge is -2.34. The molecule has 1 saturated heterocycles. The summed E-state index contributed by atoms with van der Waals surface area (Å²) in [7, 11) is 1.92. The van der Waals surface area contributed by atoms with Gasteiger partial charge in [0.05, 0.1) is 6.10 Å². The molecule has 29 heavy (non-hydrogen) atoms. The fourth-order valence-corrected chi connectivity index (χ4v) is 4.26. The van der Waals surface area contributed by atoms with Crippen LogP contribution in [-0.2, 0) is 11.3 Å². The summed E-state index contributed by atoms with van der Waals surface area (Å²) in [4.78, 5) is 15.2. The molecule has 0 aromatic carbocycles. The molecule has 0 radical (unpaired) electrons. The Bertz CT molecular complexity index is 796. The van der Waals surface area contributed by atoms with E-state index in [1.54, 1.807) is 0 Å². The summed E-state index contributed by atoms with van der Waals surface area (Å²) < 4.78 is 0. The first-order valence-electron chi connectivity index (χ1n) is 10.8. The topological polar surface area (TPSA) is 52.7 Å². The fourth-order valence-electron chi connectivity index (χ4n) is 4.26. The van der Waals surface area contributed by atoms with Gasteiger partial charge in [-0.15, -0.1) is 0 Å². The van der Waals surface area contributed by atoms with Gasteiger partial charge in [-0.3, -0.25) is 10.2 Å². The molecule has 6 heteroatoms. The number of piperidine rings is 1. The number of hydrogen-bond acceptors (Lipinski definition) is 6. The second-order valence-corrected chi connectivity index (χ2v) is 8.11. The van der Waals surface area contributed by atoms with E-state index >= 15 is 0 Å². The van der Waals surface area contributed by atoms with Crippen molar-refractivity contribution in [2.24, 2.45) is 0 Å². The average molecular weight is 396 g/mol. The third kappa shape index (κ3) is 4.55. The molecule has 2 unspecified atom stereocenters. The van der Waals surface area contributed by atoms with Crippen LogP contribution in [0.2, 0.25) is 0 Å². The second kappa shape index (κ2) is 9.11. The SMILES string of the molecule is C=C(c1cnc2c(c1)CCCN2C1=CC(NC)NOC(C)C=C1)N1CCCCC1. The second-order valence-electron chi connectivity index (χ2n) is 8.11. The fraction of sp³-hybridized carbons (Fsp3) is 0.522.